The molecule has 1 amide bonds. The van der Waals surface area contributed by atoms with Gasteiger partial charge in [0.25, 0.3) is 5.91 Å². The molecule has 0 saturated carbocycles. The molecule has 156 valence electrons. The first-order chi connectivity index (χ1) is 14.5. The Morgan fingerprint density at radius 1 is 1.10 bits per heavy atom. The Morgan fingerprint density at radius 3 is 2.67 bits per heavy atom. The van der Waals surface area contributed by atoms with E-state index >= 15 is 0 Å². The summed E-state index contributed by atoms with van der Waals surface area (Å²) in [7, 11) is 1.59. The molecular weight excluding hydrogens is 382 g/mol. The van der Waals surface area contributed by atoms with Gasteiger partial charge in [-0.25, -0.2) is 0 Å². The average molecular weight is 407 g/mol. The molecule has 6 nitrogen and oxygen atoms in total. The van der Waals surface area contributed by atoms with Gasteiger partial charge < -0.3 is 18.8 Å². The van der Waals surface area contributed by atoms with Crippen LogP contribution in [0.5, 0.6) is 5.75 Å². The first-order valence-corrected chi connectivity index (χ1v) is 10.1. The SMILES string of the molecule is COc1cccc(C2c3c(oc4ccccc4c3=O)C(=O)N2CCCOC(C)C)c1. The maximum absolute atomic E-state index is 13.4. The third-order valence-electron chi connectivity index (χ3n) is 5.28. The van der Waals surface area contributed by atoms with Crippen molar-refractivity contribution in [2.45, 2.75) is 32.4 Å². The van der Waals surface area contributed by atoms with E-state index < -0.39 is 6.04 Å². The van der Waals surface area contributed by atoms with E-state index in [0.717, 1.165) is 5.56 Å². The van der Waals surface area contributed by atoms with Crippen LogP contribution >= 0.6 is 0 Å². The molecule has 1 atom stereocenters. The van der Waals surface area contributed by atoms with E-state index in [2.05, 4.69) is 0 Å². The van der Waals surface area contributed by atoms with Crippen molar-refractivity contribution in [1.82, 2.24) is 4.90 Å². The molecule has 0 spiro atoms. The molecule has 0 radical (unpaired) electrons. The number of methoxy groups -OCH3 is 1. The number of amides is 1. The Balaban J connectivity index is 1.81. The summed E-state index contributed by atoms with van der Waals surface area (Å²) in [5.74, 6) is 0.517. The summed E-state index contributed by atoms with van der Waals surface area (Å²) in [5.41, 5.74) is 1.45. The van der Waals surface area contributed by atoms with Crippen LogP contribution in [0, 0.1) is 0 Å². The van der Waals surface area contributed by atoms with Gasteiger partial charge in [0.15, 0.2) is 5.43 Å². The maximum Gasteiger partial charge on any atom is 0.290 e. The minimum Gasteiger partial charge on any atom is -0.497 e. The number of fused-ring (bicyclic) bond motifs is 2. The first-order valence-electron chi connectivity index (χ1n) is 10.1. The number of benzene rings is 2. The van der Waals surface area contributed by atoms with Crippen LogP contribution in [0.3, 0.4) is 0 Å². The number of rotatable bonds is 7. The van der Waals surface area contributed by atoms with E-state index in [1.54, 1.807) is 36.3 Å². The largest absolute Gasteiger partial charge is 0.497 e. The molecule has 1 aliphatic rings. The third kappa shape index (κ3) is 3.59. The molecule has 6 heteroatoms. The van der Waals surface area contributed by atoms with Gasteiger partial charge in [-0.3, -0.25) is 9.59 Å². The first kappa shape index (κ1) is 20.2. The summed E-state index contributed by atoms with van der Waals surface area (Å²) in [6, 6.07) is 14.0. The fourth-order valence-corrected chi connectivity index (χ4v) is 3.91. The van der Waals surface area contributed by atoms with Crippen LogP contribution in [0.2, 0.25) is 0 Å². The molecular formula is C24H25NO5. The van der Waals surface area contributed by atoms with Crippen LogP contribution in [0.1, 0.15) is 48.0 Å². The summed E-state index contributed by atoms with van der Waals surface area (Å²) in [5, 5.41) is 0.474. The number of carbonyl (C=O) groups is 1. The second-order valence-corrected chi connectivity index (χ2v) is 7.62. The minimum atomic E-state index is -0.525. The summed E-state index contributed by atoms with van der Waals surface area (Å²) >= 11 is 0. The van der Waals surface area contributed by atoms with Gasteiger partial charge >= 0.3 is 0 Å². The van der Waals surface area contributed by atoms with Gasteiger partial charge in [0.2, 0.25) is 5.76 Å². The van der Waals surface area contributed by atoms with Crippen molar-refractivity contribution in [2.75, 3.05) is 20.3 Å². The standard InChI is InChI=1S/C24H25NO5/c1-15(2)29-13-7-12-25-21(16-8-6-9-17(14-16)28-3)20-22(26)18-10-4-5-11-19(18)30-23(20)24(25)27/h4-6,8-11,14-15,21H,7,12-13H2,1-3H3. The van der Waals surface area contributed by atoms with Gasteiger partial charge in [-0.2, -0.15) is 0 Å². The third-order valence-corrected chi connectivity index (χ3v) is 5.28. The lowest BCUT2D eigenvalue weighted by molar-refractivity contribution is 0.0593. The van der Waals surface area contributed by atoms with Crippen LogP contribution in [0.15, 0.2) is 57.7 Å². The van der Waals surface area contributed by atoms with Gasteiger partial charge in [-0.05, 0) is 50.1 Å². The summed E-state index contributed by atoms with van der Waals surface area (Å²) < 4.78 is 16.9. The molecule has 0 aliphatic carbocycles. The Morgan fingerprint density at radius 2 is 1.90 bits per heavy atom. The number of carbonyl (C=O) groups excluding carboxylic acids is 1. The predicted molar refractivity (Wildman–Crippen MR) is 114 cm³/mol. The van der Waals surface area contributed by atoms with Gasteiger partial charge in [0.1, 0.15) is 11.3 Å². The Kier molecular flexibility index (Phi) is 5.59. The molecule has 2 heterocycles. The molecule has 0 saturated heterocycles. The zero-order valence-electron chi connectivity index (χ0n) is 17.4. The van der Waals surface area contributed by atoms with E-state index in [-0.39, 0.29) is 23.2 Å². The molecule has 0 fully saturated rings. The second-order valence-electron chi connectivity index (χ2n) is 7.62. The lowest BCUT2D eigenvalue weighted by atomic mass is 9.98. The highest BCUT2D eigenvalue weighted by atomic mass is 16.5. The summed E-state index contributed by atoms with van der Waals surface area (Å²) in [6.45, 7) is 4.94. The van der Waals surface area contributed by atoms with Crippen molar-refractivity contribution in [3.05, 3.63) is 75.6 Å². The van der Waals surface area contributed by atoms with Crippen molar-refractivity contribution in [1.29, 1.82) is 0 Å². The molecule has 0 bridgehead atoms. The fourth-order valence-electron chi connectivity index (χ4n) is 3.91. The molecule has 30 heavy (non-hydrogen) atoms. The average Bonchev–Trinajstić information content (AvgIpc) is 3.03. The number of ether oxygens (including phenoxy) is 2. The lowest BCUT2D eigenvalue weighted by Gasteiger charge is -2.25. The summed E-state index contributed by atoms with van der Waals surface area (Å²) in [4.78, 5) is 28.4. The smallest absolute Gasteiger partial charge is 0.290 e. The van der Waals surface area contributed by atoms with Crippen LogP contribution in [0.25, 0.3) is 11.0 Å². The van der Waals surface area contributed by atoms with Crippen LogP contribution in [-0.4, -0.2) is 37.2 Å². The van der Waals surface area contributed by atoms with Crippen molar-refractivity contribution in [3.63, 3.8) is 0 Å². The molecule has 1 aromatic heterocycles. The van der Waals surface area contributed by atoms with Crippen LogP contribution < -0.4 is 10.2 Å². The Labute approximate surface area is 175 Å². The monoisotopic (exact) mass is 407 g/mol. The van der Waals surface area contributed by atoms with Gasteiger partial charge in [0, 0.05) is 13.2 Å². The van der Waals surface area contributed by atoms with Crippen LogP contribution in [0.4, 0.5) is 0 Å². The fraction of sp³-hybridized carbons (Fsp3) is 0.333. The quantitative estimate of drug-likeness (QED) is 0.550. The van der Waals surface area contributed by atoms with E-state index in [1.807, 2.05) is 38.1 Å². The Bertz CT molecular complexity index is 1130. The zero-order valence-corrected chi connectivity index (χ0v) is 17.4. The topological polar surface area (TPSA) is 69.0 Å². The highest BCUT2D eigenvalue weighted by molar-refractivity contribution is 5.99. The van der Waals surface area contributed by atoms with Crippen LogP contribution in [-0.2, 0) is 4.74 Å². The van der Waals surface area contributed by atoms with Gasteiger partial charge in [0.05, 0.1) is 30.2 Å². The Hall–Kier alpha value is -3.12. The maximum atomic E-state index is 13.4. The molecule has 0 N–H and O–H groups in total. The van der Waals surface area contributed by atoms with Crippen molar-refractivity contribution in [3.8, 4) is 5.75 Å². The van der Waals surface area contributed by atoms with E-state index in [4.69, 9.17) is 13.9 Å². The number of hydrogen-bond donors (Lipinski definition) is 0. The molecule has 4 rings (SSSR count). The van der Waals surface area contributed by atoms with Gasteiger partial charge in [-0.1, -0.05) is 24.3 Å². The van der Waals surface area contributed by atoms with E-state index in [0.29, 0.717) is 41.9 Å². The molecule has 1 aliphatic heterocycles. The highest BCUT2D eigenvalue weighted by Gasteiger charge is 2.42. The second kappa shape index (κ2) is 8.32. The number of para-hydroxylation sites is 1. The summed E-state index contributed by atoms with van der Waals surface area (Å²) in [6.07, 6.45) is 0.783. The number of nitrogens with zero attached hydrogens (tertiary/aromatic N) is 1. The lowest BCUT2D eigenvalue weighted by Crippen LogP contribution is -2.31. The number of hydrogen-bond acceptors (Lipinski definition) is 5. The molecule has 3 aromatic rings. The van der Waals surface area contributed by atoms with Crippen molar-refractivity contribution >= 4 is 16.9 Å². The van der Waals surface area contributed by atoms with E-state index in [1.165, 1.54) is 0 Å². The van der Waals surface area contributed by atoms with Gasteiger partial charge in [-0.15, -0.1) is 0 Å². The van der Waals surface area contributed by atoms with Crippen molar-refractivity contribution < 1.29 is 18.7 Å². The zero-order chi connectivity index (χ0) is 21.3. The predicted octanol–water partition coefficient (Wildman–Crippen LogP) is 4.16. The van der Waals surface area contributed by atoms with Crippen molar-refractivity contribution in [2.24, 2.45) is 0 Å². The molecule has 2 aromatic carbocycles. The van der Waals surface area contributed by atoms with E-state index in [9.17, 15) is 9.59 Å². The minimum absolute atomic E-state index is 0.122. The highest BCUT2D eigenvalue weighted by Crippen LogP contribution is 2.39. The normalized spacial score (nSPS) is 15.8. The molecule has 1 unspecified atom stereocenters.